The summed E-state index contributed by atoms with van der Waals surface area (Å²) >= 11 is 1.86. The second-order valence-corrected chi connectivity index (χ2v) is 17.0. The van der Waals surface area contributed by atoms with E-state index < -0.39 is 5.41 Å². The van der Waals surface area contributed by atoms with Gasteiger partial charge in [-0.05, 0) is 111 Å². The van der Waals surface area contributed by atoms with Gasteiger partial charge in [0.25, 0.3) is 0 Å². The molecule has 0 fully saturated rings. The molecule has 61 heavy (non-hydrogen) atoms. The molecule has 11 aromatic rings. The molecule has 0 radical (unpaired) electrons. The standard InChI is InChI=1S/C58H38N2S/c1-2-16-43(17-3-1)58(53-23-7-4-19-49(53)50-20-5-8-24-54(50)58)44-29-33-46(34-30-44)60(45-31-26-39(27-32-45)48-22-11-13-40-15-12-36-59-57(40)48)47-18-10-14-41(37-47)42-28-35-56-52(38-42)51-21-6-9-25-55(51)61-56/h1-38H. The van der Waals surface area contributed by atoms with Crippen molar-refractivity contribution in [1.82, 2.24) is 4.98 Å². The maximum atomic E-state index is 4.77. The average molecular weight is 795 g/mol. The second kappa shape index (κ2) is 14.3. The van der Waals surface area contributed by atoms with Gasteiger partial charge in [-0.3, -0.25) is 4.98 Å². The summed E-state index contributed by atoms with van der Waals surface area (Å²) < 4.78 is 2.63. The fourth-order valence-corrected chi connectivity index (χ4v) is 11.0. The highest BCUT2D eigenvalue weighted by Gasteiger charge is 2.45. The number of hydrogen-bond acceptors (Lipinski definition) is 3. The lowest BCUT2D eigenvalue weighted by atomic mass is 9.68. The molecule has 1 aliphatic rings. The van der Waals surface area contributed by atoms with Crippen LogP contribution in [0.15, 0.2) is 231 Å². The van der Waals surface area contributed by atoms with Crippen molar-refractivity contribution < 1.29 is 0 Å². The third-order valence-corrected chi connectivity index (χ3v) is 13.8. The largest absolute Gasteiger partial charge is 0.310 e. The van der Waals surface area contributed by atoms with Gasteiger partial charge in [0.15, 0.2) is 0 Å². The third-order valence-electron chi connectivity index (χ3n) is 12.6. The van der Waals surface area contributed by atoms with Crippen molar-refractivity contribution >= 4 is 59.5 Å². The first kappa shape index (κ1) is 35.4. The van der Waals surface area contributed by atoms with Crippen LogP contribution < -0.4 is 4.90 Å². The molecule has 0 bridgehead atoms. The van der Waals surface area contributed by atoms with Gasteiger partial charge < -0.3 is 4.90 Å². The number of anilines is 3. The smallest absolute Gasteiger partial charge is 0.0780 e. The van der Waals surface area contributed by atoms with Crippen molar-refractivity contribution in [3.63, 3.8) is 0 Å². The number of hydrogen-bond donors (Lipinski definition) is 0. The number of para-hydroxylation sites is 1. The van der Waals surface area contributed by atoms with Gasteiger partial charge in [0, 0.05) is 54.4 Å². The van der Waals surface area contributed by atoms with E-state index in [1.807, 2.05) is 23.6 Å². The highest BCUT2D eigenvalue weighted by molar-refractivity contribution is 7.25. The minimum atomic E-state index is -0.462. The molecule has 0 saturated heterocycles. The van der Waals surface area contributed by atoms with E-state index in [0.717, 1.165) is 39.1 Å². The fourth-order valence-electron chi connectivity index (χ4n) is 9.88. The minimum absolute atomic E-state index is 0.462. The predicted octanol–water partition coefficient (Wildman–Crippen LogP) is 15.8. The molecule has 3 heteroatoms. The van der Waals surface area contributed by atoms with Crippen molar-refractivity contribution in [2.45, 2.75) is 5.41 Å². The van der Waals surface area contributed by atoms with E-state index >= 15 is 0 Å². The summed E-state index contributed by atoms with van der Waals surface area (Å²) in [5.74, 6) is 0. The van der Waals surface area contributed by atoms with E-state index in [1.165, 1.54) is 64.7 Å². The van der Waals surface area contributed by atoms with Gasteiger partial charge in [-0.1, -0.05) is 164 Å². The summed E-state index contributed by atoms with van der Waals surface area (Å²) in [6.07, 6.45) is 1.88. The minimum Gasteiger partial charge on any atom is -0.310 e. The van der Waals surface area contributed by atoms with Crippen molar-refractivity contribution in [2.75, 3.05) is 4.90 Å². The first-order valence-corrected chi connectivity index (χ1v) is 21.7. The summed E-state index contributed by atoms with van der Waals surface area (Å²) in [4.78, 5) is 7.16. The molecule has 0 spiro atoms. The molecule has 0 unspecified atom stereocenters. The number of pyridine rings is 1. The highest BCUT2D eigenvalue weighted by atomic mass is 32.1. The maximum absolute atomic E-state index is 4.77. The third kappa shape index (κ3) is 5.66. The zero-order valence-corrected chi connectivity index (χ0v) is 34.1. The van der Waals surface area contributed by atoms with E-state index in [2.05, 4.69) is 223 Å². The van der Waals surface area contributed by atoms with Crippen molar-refractivity contribution in [3.05, 3.63) is 253 Å². The molecule has 0 saturated carbocycles. The molecule has 9 aromatic carbocycles. The molecule has 0 atom stereocenters. The number of fused-ring (bicyclic) bond motifs is 7. The monoisotopic (exact) mass is 794 g/mol. The summed E-state index contributed by atoms with van der Waals surface area (Å²) in [5, 5.41) is 3.75. The van der Waals surface area contributed by atoms with Crippen molar-refractivity contribution in [2.24, 2.45) is 0 Å². The van der Waals surface area contributed by atoms with Gasteiger partial charge in [-0.15, -0.1) is 11.3 Å². The van der Waals surface area contributed by atoms with Crippen LogP contribution in [0.25, 0.3) is 64.5 Å². The number of aromatic nitrogens is 1. The Morgan fingerprint density at radius 2 is 0.967 bits per heavy atom. The summed E-state index contributed by atoms with van der Waals surface area (Å²) in [6.45, 7) is 0. The van der Waals surface area contributed by atoms with Crippen LogP contribution in [0, 0.1) is 0 Å². The van der Waals surface area contributed by atoms with Crippen LogP contribution in [0.2, 0.25) is 0 Å². The van der Waals surface area contributed by atoms with Crippen LogP contribution in [-0.4, -0.2) is 4.98 Å². The molecular formula is C58H38N2S. The van der Waals surface area contributed by atoms with Gasteiger partial charge in [0.2, 0.25) is 0 Å². The van der Waals surface area contributed by atoms with Crippen molar-refractivity contribution in [3.8, 4) is 33.4 Å². The number of thiophene rings is 1. The normalized spacial score (nSPS) is 12.7. The molecule has 2 aromatic heterocycles. The summed E-state index contributed by atoms with van der Waals surface area (Å²) in [5.41, 5.74) is 16.2. The highest BCUT2D eigenvalue weighted by Crippen LogP contribution is 2.56. The zero-order chi connectivity index (χ0) is 40.3. The fraction of sp³-hybridized carbons (Fsp3) is 0.0172. The van der Waals surface area contributed by atoms with Crippen molar-refractivity contribution in [1.29, 1.82) is 0 Å². The number of rotatable bonds is 7. The lowest BCUT2D eigenvalue weighted by Crippen LogP contribution is -2.28. The van der Waals surface area contributed by atoms with Gasteiger partial charge in [-0.25, -0.2) is 0 Å². The van der Waals surface area contributed by atoms with E-state index in [0.29, 0.717) is 0 Å². The molecule has 286 valence electrons. The second-order valence-electron chi connectivity index (χ2n) is 15.9. The first-order valence-electron chi connectivity index (χ1n) is 20.9. The molecule has 2 heterocycles. The van der Waals surface area contributed by atoms with Crippen LogP contribution in [-0.2, 0) is 5.41 Å². The predicted molar refractivity (Wildman–Crippen MR) is 257 cm³/mol. The van der Waals surface area contributed by atoms with Crippen LogP contribution >= 0.6 is 11.3 Å². The lowest BCUT2D eigenvalue weighted by Gasteiger charge is -2.34. The van der Waals surface area contributed by atoms with Crippen LogP contribution in [0.1, 0.15) is 22.3 Å². The number of nitrogens with zero attached hydrogens (tertiary/aromatic N) is 2. The molecular weight excluding hydrogens is 757 g/mol. The zero-order valence-electron chi connectivity index (χ0n) is 33.2. The molecule has 12 rings (SSSR count). The summed E-state index contributed by atoms with van der Waals surface area (Å²) in [7, 11) is 0. The van der Waals surface area contributed by atoms with E-state index in [4.69, 9.17) is 4.98 Å². The molecule has 2 nitrogen and oxygen atoms in total. The van der Waals surface area contributed by atoms with E-state index in [-0.39, 0.29) is 0 Å². The Morgan fingerprint density at radius 3 is 1.75 bits per heavy atom. The Labute approximate surface area is 359 Å². The Morgan fingerprint density at radius 1 is 0.377 bits per heavy atom. The van der Waals surface area contributed by atoms with Gasteiger partial charge in [0.1, 0.15) is 0 Å². The Bertz CT molecular complexity index is 3370. The SMILES string of the molecule is c1ccc(C2(c3ccc(N(c4ccc(-c5cccc6cccnc56)cc4)c4cccc(-c5ccc6sc7ccccc7c6c5)c4)cc3)c3ccccc3-c3ccccc32)cc1. The first-order chi connectivity index (χ1) is 30.2. The lowest BCUT2D eigenvalue weighted by molar-refractivity contribution is 0.768. The van der Waals surface area contributed by atoms with E-state index in [1.54, 1.807) is 0 Å². The topological polar surface area (TPSA) is 16.1 Å². The van der Waals surface area contributed by atoms with Gasteiger partial charge in [0.05, 0.1) is 10.9 Å². The Balaban J connectivity index is 1.01. The van der Waals surface area contributed by atoms with Crippen LogP contribution in [0.3, 0.4) is 0 Å². The van der Waals surface area contributed by atoms with E-state index in [9.17, 15) is 0 Å². The average Bonchev–Trinajstić information content (AvgIpc) is 3.86. The molecule has 0 aliphatic heterocycles. The maximum Gasteiger partial charge on any atom is 0.0780 e. The van der Waals surface area contributed by atoms with Gasteiger partial charge >= 0.3 is 0 Å². The van der Waals surface area contributed by atoms with Gasteiger partial charge in [-0.2, -0.15) is 0 Å². The summed E-state index contributed by atoms with van der Waals surface area (Å²) in [6, 6.07) is 82.3. The molecule has 1 aliphatic carbocycles. The van der Waals surface area contributed by atoms with Crippen LogP contribution in [0.5, 0.6) is 0 Å². The quantitative estimate of drug-likeness (QED) is 0.160. The molecule has 0 amide bonds. The Kier molecular flexibility index (Phi) is 8.29. The van der Waals surface area contributed by atoms with Crippen LogP contribution in [0.4, 0.5) is 17.1 Å². The molecule has 0 N–H and O–H groups in total. The number of benzene rings is 9. The Hall–Kier alpha value is -7.59.